The fourth-order valence-electron chi connectivity index (χ4n) is 2.56. The molecule has 2 nitrogen and oxygen atoms in total. The number of aromatic nitrogens is 1. The van der Waals surface area contributed by atoms with E-state index in [0.29, 0.717) is 4.84 Å². The van der Waals surface area contributed by atoms with Gasteiger partial charge in [0, 0.05) is 19.8 Å². The Bertz CT molecular complexity index is 1050. The molecule has 0 amide bonds. The van der Waals surface area contributed by atoms with Crippen molar-refractivity contribution < 1.29 is 4.42 Å². The van der Waals surface area contributed by atoms with Crippen LogP contribution in [0.5, 0.6) is 0 Å². The van der Waals surface area contributed by atoms with Crippen molar-refractivity contribution in [3.63, 3.8) is 0 Å². The molecule has 1 N–H and O–H groups in total. The third kappa shape index (κ3) is 1.79. The molecule has 0 radical (unpaired) electrons. The van der Waals surface area contributed by atoms with Crippen LogP contribution in [0.25, 0.3) is 33.3 Å². The van der Waals surface area contributed by atoms with Gasteiger partial charge in [-0.1, -0.05) is 18.2 Å². The summed E-state index contributed by atoms with van der Waals surface area (Å²) in [6, 6.07) is 4.09. The lowest BCUT2D eigenvalue weighted by Gasteiger charge is -2.09. The number of fused-ring (bicyclic) bond motifs is 5. The number of alkyl halides is 1. The van der Waals surface area contributed by atoms with Crippen molar-refractivity contribution in [2.45, 2.75) is 11.8 Å². The average molecular weight is 320 g/mol. The van der Waals surface area contributed by atoms with E-state index in [1.807, 2.05) is 25.1 Å². The van der Waals surface area contributed by atoms with Gasteiger partial charge < -0.3 is 9.40 Å². The molecule has 3 aromatic rings. The Morgan fingerprint density at radius 2 is 2.25 bits per heavy atom. The van der Waals surface area contributed by atoms with Gasteiger partial charge in [-0.15, -0.1) is 22.9 Å². The van der Waals surface area contributed by atoms with Gasteiger partial charge in [-0.2, -0.15) is 0 Å². The molecule has 0 spiro atoms. The number of halogens is 1. The molecule has 0 fully saturated rings. The van der Waals surface area contributed by atoms with E-state index in [9.17, 15) is 0 Å². The fourth-order valence-corrected chi connectivity index (χ4v) is 4.03. The molecule has 100 valence electrons. The number of rotatable bonds is 0. The average Bonchev–Trinajstić information content (AvgIpc) is 2.85. The van der Waals surface area contributed by atoms with E-state index in [4.69, 9.17) is 28.2 Å². The lowest BCUT2D eigenvalue weighted by atomic mass is 10.1. The first kappa shape index (κ1) is 12.4. The second-order valence-corrected chi connectivity index (χ2v) is 7.30. The lowest BCUT2D eigenvalue weighted by Crippen LogP contribution is -2.22. The summed E-state index contributed by atoms with van der Waals surface area (Å²) in [5.41, 5.74) is 1.73. The molecule has 0 saturated carbocycles. The predicted octanol–water partition coefficient (Wildman–Crippen LogP) is 3.83. The van der Waals surface area contributed by atoms with Crippen molar-refractivity contribution in [2.24, 2.45) is 0 Å². The van der Waals surface area contributed by atoms with Crippen LogP contribution in [0.15, 0.2) is 28.7 Å². The molecule has 0 aliphatic heterocycles. The largest absolute Gasteiger partial charge is 0.429 e. The number of nitrogens with one attached hydrogen (secondary N) is 1. The minimum atomic E-state index is -0.495. The highest BCUT2D eigenvalue weighted by Gasteiger charge is 2.17. The maximum Gasteiger partial charge on any atom is 0.266 e. The van der Waals surface area contributed by atoms with E-state index in [-0.39, 0.29) is 0 Å². The van der Waals surface area contributed by atoms with E-state index in [1.165, 1.54) is 9.23 Å². The van der Waals surface area contributed by atoms with Crippen molar-refractivity contribution in [1.82, 2.24) is 4.98 Å². The first-order chi connectivity index (χ1) is 9.53. The van der Waals surface area contributed by atoms with Gasteiger partial charge in [0.25, 0.3) is 4.84 Å². The van der Waals surface area contributed by atoms with Gasteiger partial charge >= 0.3 is 0 Å². The van der Waals surface area contributed by atoms with Crippen LogP contribution in [0.2, 0.25) is 0 Å². The molecular weight excluding hydrogens is 310 g/mol. The van der Waals surface area contributed by atoms with Gasteiger partial charge in [0.15, 0.2) is 5.58 Å². The van der Waals surface area contributed by atoms with Crippen LogP contribution in [0.3, 0.4) is 0 Å². The summed E-state index contributed by atoms with van der Waals surface area (Å²) in [6.45, 7) is 1.98. The van der Waals surface area contributed by atoms with Gasteiger partial charge in [-0.25, -0.2) is 0 Å². The van der Waals surface area contributed by atoms with Crippen LogP contribution in [0.1, 0.15) is 6.92 Å². The zero-order valence-electron chi connectivity index (χ0n) is 10.6. The van der Waals surface area contributed by atoms with Crippen LogP contribution >= 0.6 is 35.2 Å². The fraction of sp³-hybridized carbons (Fsp3) is 0.133. The molecule has 0 saturated heterocycles. The van der Waals surface area contributed by atoms with Crippen LogP contribution in [-0.4, -0.2) is 9.86 Å². The van der Waals surface area contributed by atoms with Crippen LogP contribution in [0.4, 0.5) is 0 Å². The Labute approximate surface area is 128 Å². The lowest BCUT2D eigenvalue weighted by molar-refractivity contribution is 0.586. The maximum atomic E-state index is 6.50. The van der Waals surface area contributed by atoms with Gasteiger partial charge in [0.05, 0.1) is 10.4 Å². The zero-order valence-corrected chi connectivity index (χ0v) is 13.0. The smallest absolute Gasteiger partial charge is 0.266 e. The van der Waals surface area contributed by atoms with Crippen LogP contribution in [-0.2, 0) is 0 Å². The normalized spacial score (nSPS) is 21.5. The molecular formula is C15H10ClNOS2. The Balaban J connectivity index is 2.32. The molecule has 1 aromatic carbocycles. The van der Waals surface area contributed by atoms with Gasteiger partial charge in [-0.05, 0) is 37.4 Å². The van der Waals surface area contributed by atoms with Crippen molar-refractivity contribution in [2.75, 3.05) is 0 Å². The number of hydrogen-bond donors (Lipinski definition) is 1. The highest BCUT2D eigenvalue weighted by atomic mass is 35.5. The second-order valence-electron chi connectivity index (χ2n) is 5.03. The Morgan fingerprint density at radius 3 is 3.10 bits per heavy atom. The van der Waals surface area contributed by atoms with E-state index in [2.05, 4.69) is 23.2 Å². The van der Waals surface area contributed by atoms with E-state index in [1.54, 1.807) is 11.3 Å². The molecule has 0 bridgehead atoms. The number of thiophene rings is 1. The number of H-pyrrole nitrogens is 1. The molecule has 1 unspecified atom stereocenters. The van der Waals surface area contributed by atoms with Crippen molar-refractivity contribution in [3.8, 4) is 0 Å². The standard InChI is InChI=1S/C15H10ClNOS2/c1-15(16)6-2-3-10-8(7-15)12-11(20-10)5-4-9-13(12)18-14(19)17-9/h2-7H,1H3,(H,17,19). The molecule has 2 heterocycles. The molecule has 4 rings (SSSR count). The summed E-state index contributed by atoms with van der Waals surface area (Å²) < 4.78 is 8.05. The molecule has 1 aliphatic carbocycles. The quantitative estimate of drug-likeness (QED) is 0.504. The van der Waals surface area contributed by atoms with Gasteiger partial charge in [0.2, 0.25) is 0 Å². The number of hydrogen-bond acceptors (Lipinski definition) is 3. The SMILES string of the molecule is CC1(Cl)C=CC=c2sc3ccc4[nH]c(=S)oc4c3c2=C1. The number of benzene rings is 1. The maximum absolute atomic E-state index is 6.50. The van der Waals surface area contributed by atoms with Crippen molar-refractivity contribution in [3.05, 3.63) is 38.9 Å². The second kappa shape index (κ2) is 4.07. The molecule has 2 aromatic heterocycles. The Kier molecular flexibility index (Phi) is 2.52. The number of allylic oxidation sites excluding steroid dienone is 2. The molecule has 1 aliphatic rings. The minimum Gasteiger partial charge on any atom is -0.429 e. The summed E-state index contributed by atoms with van der Waals surface area (Å²) in [4.78, 5) is 2.97. The molecule has 1 atom stereocenters. The number of oxazole rings is 1. The third-order valence-corrected chi connectivity index (χ3v) is 4.96. The van der Waals surface area contributed by atoms with E-state index < -0.39 is 4.87 Å². The summed E-state index contributed by atoms with van der Waals surface area (Å²) in [5.74, 6) is 0. The summed E-state index contributed by atoms with van der Waals surface area (Å²) in [6.07, 6.45) is 8.17. The van der Waals surface area contributed by atoms with Crippen molar-refractivity contribution in [1.29, 1.82) is 0 Å². The highest BCUT2D eigenvalue weighted by molar-refractivity contribution is 7.71. The highest BCUT2D eigenvalue weighted by Crippen LogP contribution is 2.26. The molecule has 5 heteroatoms. The topological polar surface area (TPSA) is 28.9 Å². The van der Waals surface area contributed by atoms with Crippen LogP contribution < -0.4 is 9.75 Å². The number of aromatic amines is 1. The zero-order chi connectivity index (χ0) is 13.9. The summed E-state index contributed by atoms with van der Waals surface area (Å²) >= 11 is 13.3. The van der Waals surface area contributed by atoms with E-state index >= 15 is 0 Å². The Morgan fingerprint density at radius 1 is 1.40 bits per heavy atom. The van der Waals surface area contributed by atoms with Crippen LogP contribution in [0, 0.1) is 4.84 Å². The predicted molar refractivity (Wildman–Crippen MR) is 88.4 cm³/mol. The first-order valence-electron chi connectivity index (χ1n) is 6.19. The van der Waals surface area contributed by atoms with Crippen molar-refractivity contribution >= 4 is 68.5 Å². The third-order valence-electron chi connectivity index (χ3n) is 3.40. The summed E-state index contributed by atoms with van der Waals surface area (Å²) in [5, 5.41) is 2.21. The monoisotopic (exact) mass is 319 g/mol. The Hall–Kier alpha value is -1.36. The minimum absolute atomic E-state index is 0.400. The van der Waals surface area contributed by atoms with Gasteiger partial charge in [-0.3, -0.25) is 0 Å². The van der Waals surface area contributed by atoms with E-state index in [0.717, 1.165) is 21.7 Å². The first-order valence-corrected chi connectivity index (χ1v) is 7.79. The van der Waals surface area contributed by atoms with Gasteiger partial charge in [0.1, 0.15) is 0 Å². The summed E-state index contributed by atoms with van der Waals surface area (Å²) in [7, 11) is 0. The molecule has 20 heavy (non-hydrogen) atoms.